The van der Waals surface area contributed by atoms with Gasteiger partial charge in [0.05, 0.1) is 12.5 Å². The van der Waals surface area contributed by atoms with Gasteiger partial charge < -0.3 is 14.7 Å². The number of carboxylic acid groups (broad SMARTS) is 1. The lowest BCUT2D eigenvalue weighted by Gasteiger charge is -2.20. The Morgan fingerprint density at radius 1 is 1.30 bits per heavy atom. The van der Waals surface area contributed by atoms with E-state index in [0.717, 1.165) is 22.1 Å². The van der Waals surface area contributed by atoms with Crippen LogP contribution in [-0.2, 0) is 16.1 Å². The van der Waals surface area contributed by atoms with Gasteiger partial charge in [-0.05, 0) is 23.8 Å². The third-order valence-electron chi connectivity index (χ3n) is 4.21. The first-order valence-corrected chi connectivity index (χ1v) is 7.74. The topological polar surface area (TPSA) is 66.8 Å². The number of ether oxygens (including phenoxy) is 1. The van der Waals surface area contributed by atoms with Gasteiger partial charge in [-0.25, -0.2) is 0 Å². The molecule has 1 N–H and O–H groups in total. The molecule has 1 amide bonds. The molecule has 1 saturated heterocycles. The molecule has 1 fully saturated rings. The SMILES string of the molecule is CCOc1ccc2ccccc2c1CN1C[C@@H](C(=O)O)CC1=O. The quantitative estimate of drug-likeness (QED) is 0.921. The number of rotatable bonds is 5. The minimum atomic E-state index is -0.913. The molecular weight excluding hydrogens is 294 g/mol. The number of carbonyl (C=O) groups excluding carboxylic acids is 1. The average molecular weight is 313 g/mol. The van der Waals surface area contributed by atoms with Crippen LogP contribution >= 0.6 is 0 Å². The second-order valence-corrected chi connectivity index (χ2v) is 5.71. The lowest BCUT2D eigenvalue weighted by molar-refractivity contribution is -0.141. The van der Waals surface area contributed by atoms with Crippen molar-refractivity contribution in [2.45, 2.75) is 19.9 Å². The molecule has 120 valence electrons. The molecule has 0 aliphatic carbocycles. The minimum absolute atomic E-state index is 0.0735. The predicted molar refractivity (Wildman–Crippen MR) is 86.3 cm³/mol. The van der Waals surface area contributed by atoms with Crippen LogP contribution in [0.15, 0.2) is 36.4 Å². The lowest BCUT2D eigenvalue weighted by Crippen LogP contribution is -2.26. The Labute approximate surface area is 134 Å². The molecule has 5 nitrogen and oxygen atoms in total. The van der Waals surface area contributed by atoms with Crippen LogP contribution in [-0.4, -0.2) is 35.0 Å². The van der Waals surface area contributed by atoms with Gasteiger partial charge in [0.1, 0.15) is 5.75 Å². The Morgan fingerprint density at radius 2 is 2.09 bits per heavy atom. The summed E-state index contributed by atoms with van der Waals surface area (Å²) in [6.45, 7) is 3.08. The van der Waals surface area contributed by atoms with Crippen molar-refractivity contribution in [1.29, 1.82) is 0 Å². The van der Waals surface area contributed by atoms with Crippen molar-refractivity contribution in [1.82, 2.24) is 4.90 Å². The molecule has 0 bridgehead atoms. The van der Waals surface area contributed by atoms with Gasteiger partial charge in [0.15, 0.2) is 0 Å². The molecule has 0 unspecified atom stereocenters. The highest BCUT2D eigenvalue weighted by Crippen LogP contribution is 2.31. The molecule has 5 heteroatoms. The van der Waals surface area contributed by atoms with Gasteiger partial charge in [-0.2, -0.15) is 0 Å². The number of hydrogen-bond donors (Lipinski definition) is 1. The van der Waals surface area contributed by atoms with Crippen LogP contribution in [0.5, 0.6) is 5.75 Å². The zero-order chi connectivity index (χ0) is 16.4. The molecule has 0 aromatic heterocycles. The van der Waals surface area contributed by atoms with Gasteiger partial charge in [-0.3, -0.25) is 9.59 Å². The predicted octanol–water partition coefficient (Wildman–Crippen LogP) is 2.67. The Hall–Kier alpha value is -2.56. The van der Waals surface area contributed by atoms with Crippen molar-refractivity contribution in [2.75, 3.05) is 13.2 Å². The normalized spacial score (nSPS) is 17.7. The first-order chi connectivity index (χ1) is 11.1. The number of benzene rings is 2. The fourth-order valence-corrected chi connectivity index (χ4v) is 3.05. The third-order valence-corrected chi connectivity index (χ3v) is 4.21. The first-order valence-electron chi connectivity index (χ1n) is 7.74. The summed E-state index contributed by atoms with van der Waals surface area (Å²) in [4.78, 5) is 24.9. The molecule has 3 rings (SSSR count). The van der Waals surface area contributed by atoms with Gasteiger partial charge in [0.2, 0.25) is 5.91 Å². The Morgan fingerprint density at radius 3 is 2.78 bits per heavy atom. The Bertz CT molecular complexity index is 756. The molecule has 1 aliphatic heterocycles. The number of carbonyl (C=O) groups is 2. The summed E-state index contributed by atoms with van der Waals surface area (Å²) >= 11 is 0. The maximum atomic E-state index is 12.1. The number of nitrogens with zero attached hydrogens (tertiary/aromatic N) is 1. The third kappa shape index (κ3) is 2.99. The molecule has 1 heterocycles. The van der Waals surface area contributed by atoms with Crippen LogP contribution in [0.25, 0.3) is 10.8 Å². The molecule has 0 spiro atoms. The van der Waals surface area contributed by atoms with Gasteiger partial charge in [0, 0.05) is 25.1 Å². The molecular formula is C18H19NO4. The lowest BCUT2D eigenvalue weighted by atomic mass is 10.0. The van der Waals surface area contributed by atoms with Crippen LogP contribution in [0.4, 0.5) is 0 Å². The van der Waals surface area contributed by atoms with Crippen molar-refractivity contribution < 1.29 is 19.4 Å². The van der Waals surface area contributed by atoms with E-state index in [1.165, 1.54) is 0 Å². The summed E-state index contributed by atoms with van der Waals surface area (Å²) in [6.07, 6.45) is 0.0735. The molecule has 0 saturated carbocycles. The highest BCUT2D eigenvalue weighted by Gasteiger charge is 2.34. The molecule has 1 atom stereocenters. The fraction of sp³-hybridized carbons (Fsp3) is 0.333. The highest BCUT2D eigenvalue weighted by molar-refractivity contribution is 5.89. The van der Waals surface area contributed by atoms with E-state index in [1.807, 2.05) is 43.3 Å². The van der Waals surface area contributed by atoms with E-state index in [0.29, 0.717) is 13.2 Å². The summed E-state index contributed by atoms with van der Waals surface area (Å²) in [5.74, 6) is -0.901. The van der Waals surface area contributed by atoms with E-state index >= 15 is 0 Å². The minimum Gasteiger partial charge on any atom is -0.494 e. The number of aliphatic carboxylic acids is 1. The van der Waals surface area contributed by atoms with E-state index in [1.54, 1.807) is 4.90 Å². The number of carboxylic acids is 1. The van der Waals surface area contributed by atoms with E-state index in [-0.39, 0.29) is 18.9 Å². The summed E-state index contributed by atoms with van der Waals surface area (Å²) in [6, 6.07) is 11.8. The summed E-state index contributed by atoms with van der Waals surface area (Å²) in [5, 5.41) is 11.2. The molecule has 2 aromatic carbocycles. The number of likely N-dealkylation sites (tertiary alicyclic amines) is 1. The van der Waals surface area contributed by atoms with Crippen molar-refractivity contribution in [3.8, 4) is 5.75 Å². The molecule has 0 radical (unpaired) electrons. The van der Waals surface area contributed by atoms with Crippen LogP contribution in [0.2, 0.25) is 0 Å². The van der Waals surface area contributed by atoms with E-state index in [4.69, 9.17) is 9.84 Å². The van der Waals surface area contributed by atoms with E-state index < -0.39 is 11.9 Å². The molecule has 1 aliphatic rings. The van der Waals surface area contributed by atoms with Gasteiger partial charge in [-0.1, -0.05) is 30.3 Å². The largest absolute Gasteiger partial charge is 0.494 e. The summed E-state index contributed by atoms with van der Waals surface area (Å²) in [5.41, 5.74) is 0.935. The molecule has 23 heavy (non-hydrogen) atoms. The average Bonchev–Trinajstić information content (AvgIpc) is 2.91. The van der Waals surface area contributed by atoms with Crippen LogP contribution in [0.3, 0.4) is 0 Å². The Balaban J connectivity index is 1.96. The Kier molecular flexibility index (Phi) is 4.19. The van der Waals surface area contributed by atoms with Crippen molar-refractivity contribution >= 4 is 22.6 Å². The van der Waals surface area contributed by atoms with Crippen molar-refractivity contribution in [3.05, 3.63) is 42.0 Å². The highest BCUT2D eigenvalue weighted by atomic mass is 16.5. The maximum Gasteiger partial charge on any atom is 0.308 e. The monoisotopic (exact) mass is 313 g/mol. The van der Waals surface area contributed by atoms with Gasteiger partial charge in [0.25, 0.3) is 0 Å². The van der Waals surface area contributed by atoms with E-state index in [9.17, 15) is 9.59 Å². The fourth-order valence-electron chi connectivity index (χ4n) is 3.05. The van der Waals surface area contributed by atoms with Crippen molar-refractivity contribution in [2.24, 2.45) is 5.92 Å². The maximum absolute atomic E-state index is 12.1. The summed E-state index contributed by atoms with van der Waals surface area (Å²) < 4.78 is 5.71. The zero-order valence-electron chi connectivity index (χ0n) is 13.0. The number of amides is 1. The van der Waals surface area contributed by atoms with Crippen LogP contribution in [0, 0.1) is 5.92 Å². The zero-order valence-corrected chi connectivity index (χ0v) is 13.0. The van der Waals surface area contributed by atoms with Gasteiger partial charge in [-0.15, -0.1) is 0 Å². The smallest absolute Gasteiger partial charge is 0.308 e. The van der Waals surface area contributed by atoms with Crippen LogP contribution < -0.4 is 4.74 Å². The standard InChI is InChI=1S/C18H19NO4/c1-2-23-16-8-7-12-5-3-4-6-14(12)15(16)11-19-10-13(18(21)22)9-17(19)20/h3-8,13H,2,9-11H2,1H3,(H,21,22)/t13-/m0/s1. The molecule has 2 aromatic rings. The van der Waals surface area contributed by atoms with Crippen LogP contribution in [0.1, 0.15) is 18.9 Å². The van der Waals surface area contributed by atoms with Gasteiger partial charge >= 0.3 is 5.97 Å². The number of hydrogen-bond acceptors (Lipinski definition) is 3. The van der Waals surface area contributed by atoms with Crippen molar-refractivity contribution in [3.63, 3.8) is 0 Å². The second-order valence-electron chi connectivity index (χ2n) is 5.71. The van der Waals surface area contributed by atoms with E-state index in [2.05, 4.69) is 0 Å². The number of fused-ring (bicyclic) bond motifs is 1. The second kappa shape index (κ2) is 6.28. The first kappa shape index (κ1) is 15.3. The summed E-state index contributed by atoms with van der Waals surface area (Å²) in [7, 11) is 0.